The van der Waals surface area contributed by atoms with Gasteiger partial charge >= 0.3 is 5.91 Å². The van der Waals surface area contributed by atoms with E-state index in [4.69, 9.17) is 20.8 Å². The highest BCUT2D eigenvalue weighted by Crippen LogP contribution is 2.17. The Hall–Kier alpha value is -3.58. The molecule has 0 aliphatic rings. The van der Waals surface area contributed by atoms with E-state index in [2.05, 4.69) is 10.9 Å². The minimum absolute atomic E-state index is 0.0197. The van der Waals surface area contributed by atoms with Gasteiger partial charge in [-0.1, -0.05) is 35.9 Å². The lowest BCUT2D eigenvalue weighted by molar-refractivity contribution is -0.117. The molecule has 3 aromatic rings. The fraction of sp³-hybridized carbons (Fsp3) is 0.0476. The molecule has 2 aromatic carbocycles. The molecule has 0 aliphatic heterocycles. The van der Waals surface area contributed by atoms with Gasteiger partial charge < -0.3 is 9.15 Å². The van der Waals surface area contributed by atoms with Crippen LogP contribution in [0.5, 0.6) is 5.75 Å². The topological polar surface area (TPSA) is 80.6 Å². The van der Waals surface area contributed by atoms with E-state index in [0.29, 0.717) is 17.1 Å². The lowest BCUT2D eigenvalue weighted by atomic mass is 10.2. The van der Waals surface area contributed by atoms with Crippen molar-refractivity contribution in [2.24, 2.45) is 0 Å². The predicted molar refractivity (Wildman–Crippen MR) is 106 cm³/mol. The van der Waals surface area contributed by atoms with E-state index >= 15 is 0 Å². The van der Waals surface area contributed by atoms with Crippen LogP contribution in [0.1, 0.15) is 21.9 Å². The van der Waals surface area contributed by atoms with Gasteiger partial charge in [0.05, 0.1) is 5.02 Å². The number of carbonyl (C=O) groups excluding carboxylic acids is 2. The maximum atomic E-state index is 13.1. The summed E-state index contributed by atoms with van der Waals surface area (Å²) >= 11 is 5.67. The minimum Gasteiger partial charge on any atom is -0.486 e. The standard InChI is InChI=1S/C21H16ClFN2O4/c22-17-12-14(6-9-18(17)23)7-11-20(26)24-25-21(27)19-10-8-16(29-19)13-28-15-4-2-1-3-5-15/h1-12H,13H2,(H,24,26)(H,25,27)/b11-7+. The summed E-state index contributed by atoms with van der Waals surface area (Å²) in [6.07, 6.45) is 2.60. The molecule has 0 spiro atoms. The van der Waals surface area contributed by atoms with Gasteiger partial charge in [0.1, 0.15) is 23.9 Å². The Morgan fingerprint density at radius 2 is 1.86 bits per heavy atom. The lowest BCUT2D eigenvalue weighted by Crippen LogP contribution is -2.40. The maximum absolute atomic E-state index is 13.1. The predicted octanol–water partition coefficient (Wildman–Crippen LogP) is 4.13. The molecule has 0 aliphatic carbocycles. The number of hydrazine groups is 1. The maximum Gasteiger partial charge on any atom is 0.305 e. The van der Waals surface area contributed by atoms with Crippen LogP contribution in [0, 0.1) is 5.82 Å². The number of carbonyl (C=O) groups is 2. The molecule has 2 amide bonds. The van der Waals surface area contributed by atoms with E-state index in [0.717, 1.165) is 0 Å². The third-order valence-corrected chi connectivity index (χ3v) is 3.97. The van der Waals surface area contributed by atoms with Crippen LogP contribution in [0.4, 0.5) is 4.39 Å². The minimum atomic E-state index is -0.623. The monoisotopic (exact) mass is 414 g/mol. The Balaban J connectivity index is 1.47. The molecule has 0 atom stereocenters. The molecule has 0 bridgehead atoms. The SMILES string of the molecule is O=C(/C=C/c1ccc(F)c(Cl)c1)NNC(=O)c1ccc(COc2ccccc2)o1. The first-order valence-electron chi connectivity index (χ1n) is 8.51. The molecule has 1 aromatic heterocycles. The van der Waals surface area contributed by atoms with E-state index in [1.165, 1.54) is 36.4 Å². The van der Waals surface area contributed by atoms with Gasteiger partial charge in [0.2, 0.25) is 0 Å². The Bertz CT molecular complexity index is 1030. The highest BCUT2D eigenvalue weighted by Gasteiger charge is 2.12. The number of ether oxygens (including phenoxy) is 1. The van der Waals surface area contributed by atoms with Gasteiger partial charge in [-0.3, -0.25) is 20.4 Å². The fourth-order valence-electron chi connectivity index (χ4n) is 2.26. The van der Waals surface area contributed by atoms with Crippen molar-refractivity contribution in [3.8, 4) is 5.75 Å². The summed E-state index contributed by atoms with van der Waals surface area (Å²) in [5, 5.41) is -0.0503. The number of rotatable bonds is 6. The average Bonchev–Trinajstić information content (AvgIpc) is 3.21. The van der Waals surface area contributed by atoms with Gasteiger partial charge in [0, 0.05) is 6.08 Å². The van der Waals surface area contributed by atoms with Crippen molar-refractivity contribution >= 4 is 29.5 Å². The first-order valence-corrected chi connectivity index (χ1v) is 8.89. The van der Waals surface area contributed by atoms with Gasteiger partial charge in [-0.25, -0.2) is 4.39 Å². The quantitative estimate of drug-likeness (QED) is 0.469. The molecule has 8 heteroatoms. The summed E-state index contributed by atoms with van der Waals surface area (Å²) in [4.78, 5) is 23.8. The van der Waals surface area contributed by atoms with E-state index in [9.17, 15) is 14.0 Å². The third-order valence-electron chi connectivity index (χ3n) is 3.68. The van der Waals surface area contributed by atoms with Crippen molar-refractivity contribution in [1.29, 1.82) is 0 Å². The average molecular weight is 415 g/mol. The second-order valence-corrected chi connectivity index (χ2v) is 6.23. The molecule has 6 nitrogen and oxygen atoms in total. The van der Waals surface area contributed by atoms with Crippen molar-refractivity contribution in [1.82, 2.24) is 10.9 Å². The van der Waals surface area contributed by atoms with Crippen molar-refractivity contribution in [3.63, 3.8) is 0 Å². The molecule has 0 radical (unpaired) electrons. The third kappa shape index (κ3) is 5.95. The van der Waals surface area contributed by atoms with Gasteiger partial charge in [0.25, 0.3) is 5.91 Å². The first kappa shape index (κ1) is 20.2. The van der Waals surface area contributed by atoms with Crippen molar-refractivity contribution < 1.29 is 23.1 Å². The van der Waals surface area contributed by atoms with Crippen LogP contribution in [-0.4, -0.2) is 11.8 Å². The number of nitrogens with one attached hydrogen (secondary N) is 2. The molecule has 29 heavy (non-hydrogen) atoms. The molecule has 0 unspecified atom stereocenters. The number of halogens is 2. The molecule has 0 saturated carbocycles. The number of para-hydroxylation sites is 1. The van der Waals surface area contributed by atoms with Gasteiger partial charge in [-0.15, -0.1) is 0 Å². The summed E-state index contributed by atoms with van der Waals surface area (Å²) in [6.45, 7) is 0.159. The number of furan rings is 1. The summed E-state index contributed by atoms with van der Waals surface area (Å²) in [6, 6.07) is 16.3. The summed E-state index contributed by atoms with van der Waals surface area (Å²) < 4.78 is 24.0. The van der Waals surface area contributed by atoms with E-state index in [1.807, 2.05) is 18.2 Å². The van der Waals surface area contributed by atoms with Crippen LogP contribution >= 0.6 is 11.6 Å². The smallest absolute Gasteiger partial charge is 0.305 e. The molecular formula is C21H16ClFN2O4. The number of hydrogen-bond acceptors (Lipinski definition) is 4. The lowest BCUT2D eigenvalue weighted by Gasteiger charge is -2.04. The molecular weight excluding hydrogens is 399 g/mol. The van der Waals surface area contributed by atoms with Crippen molar-refractivity contribution in [2.45, 2.75) is 6.61 Å². The number of hydrogen-bond donors (Lipinski definition) is 2. The highest BCUT2D eigenvalue weighted by molar-refractivity contribution is 6.30. The molecule has 1 heterocycles. The van der Waals surface area contributed by atoms with Crippen molar-refractivity contribution in [2.75, 3.05) is 0 Å². The zero-order valence-corrected chi connectivity index (χ0v) is 15.8. The molecule has 148 valence electrons. The van der Waals surface area contributed by atoms with Crippen LogP contribution in [0.25, 0.3) is 6.08 Å². The Kier molecular flexibility index (Phi) is 6.65. The van der Waals surface area contributed by atoms with Crippen LogP contribution in [0.15, 0.2) is 71.2 Å². The van der Waals surface area contributed by atoms with Crippen LogP contribution in [0.3, 0.4) is 0 Å². The Labute approximate surface area is 170 Å². The van der Waals surface area contributed by atoms with E-state index in [1.54, 1.807) is 18.2 Å². The van der Waals surface area contributed by atoms with E-state index < -0.39 is 17.6 Å². The zero-order chi connectivity index (χ0) is 20.6. The molecule has 0 saturated heterocycles. The molecule has 3 rings (SSSR count). The number of amides is 2. The largest absolute Gasteiger partial charge is 0.486 e. The normalized spacial score (nSPS) is 10.7. The highest BCUT2D eigenvalue weighted by atomic mass is 35.5. The fourth-order valence-corrected chi connectivity index (χ4v) is 2.45. The first-order chi connectivity index (χ1) is 14.0. The Morgan fingerprint density at radius 3 is 2.62 bits per heavy atom. The van der Waals surface area contributed by atoms with Crippen LogP contribution in [0.2, 0.25) is 5.02 Å². The van der Waals surface area contributed by atoms with Crippen molar-refractivity contribution in [3.05, 3.63) is 94.7 Å². The van der Waals surface area contributed by atoms with Gasteiger partial charge in [-0.2, -0.15) is 0 Å². The van der Waals surface area contributed by atoms with E-state index in [-0.39, 0.29) is 17.4 Å². The Morgan fingerprint density at radius 1 is 1.07 bits per heavy atom. The molecule has 0 fully saturated rings. The summed E-state index contributed by atoms with van der Waals surface area (Å²) in [5.41, 5.74) is 4.99. The van der Waals surface area contributed by atoms with Crippen LogP contribution < -0.4 is 15.6 Å². The second kappa shape index (κ2) is 9.57. The zero-order valence-electron chi connectivity index (χ0n) is 15.0. The summed E-state index contributed by atoms with van der Waals surface area (Å²) in [7, 11) is 0. The molecule has 2 N–H and O–H groups in total. The van der Waals surface area contributed by atoms with Crippen LogP contribution in [-0.2, 0) is 11.4 Å². The van der Waals surface area contributed by atoms with Gasteiger partial charge in [0.15, 0.2) is 5.76 Å². The number of benzene rings is 2. The second-order valence-electron chi connectivity index (χ2n) is 5.82. The van der Waals surface area contributed by atoms with Gasteiger partial charge in [-0.05, 0) is 48.0 Å². The summed E-state index contributed by atoms with van der Waals surface area (Å²) in [5.74, 6) is -0.603.